The van der Waals surface area contributed by atoms with Gasteiger partial charge >= 0.3 is 0 Å². The van der Waals surface area contributed by atoms with Crippen molar-refractivity contribution < 1.29 is 9.47 Å². The summed E-state index contributed by atoms with van der Waals surface area (Å²) in [5, 5.41) is 0. The van der Waals surface area contributed by atoms with E-state index >= 15 is 0 Å². The third-order valence-corrected chi connectivity index (χ3v) is 4.16. The van der Waals surface area contributed by atoms with Gasteiger partial charge in [-0.3, -0.25) is 0 Å². The second-order valence-corrected chi connectivity index (χ2v) is 6.05. The molecule has 3 rings (SSSR count). The molecule has 1 aliphatic carbocycles. The number of hydrogen-bond donors (Lipinski definition) is 1. The quantitative estimate of drug-likeness (QED) is 0.866. The van der Waals surface area contributed by atoms with Gasteiger partial charge in [0.05, 0.1) is 17.7 Å². The molecular weight excluding hydrogens is 282 g/mol. The molecule has 1 aromatic carbocycles. The summed E-state index contributed by atoms with van der Waals surface area (Å²) < 4.78 is 12.7. The molecule has 1 aromatic rings. The predicted molar refractivity (Wildman–Crippen MR) is 69.4 cm³/mol. The van der Waals surface area contributed by atoms with Gasteiger partial charge in [-0.1, -0.05) is 0 Å². The highest BCUT2D eigenvalue weighted by molar-refractivity contribution is 9.10. The number of rotatable bonds is 1. The van der Waals surface area contributed by atoms with E-state index in [-0.39, 0.29) is 11.5 Å². The van der Waals surface area contributed by atoms with Crippen LogP contribution in [0.2, 0.25) is 0 Å². The maximum Gasteiger partial charge on any atom is 0.175 e. The van der Waals surface area contributed by atoms with Gasteiger partial charge in [-0.25, -0.2) is 0 Å². The maximum atomic E-state index is 5.90. The van der Waals surface area contributed by atoms with Crippen LogP contribution in [0.5, 0.6) is 11.5 Å². The highest BCUT2D eigenvalue weighted by Crippen LogP contribution is 2.50. The number of fused-ring (bicyclic) bond motifs is 1. The topological polar surface area (TPSA) is 44.5 Å². The Morgan fingerprint density at radius 2 is 2.00 bits per heavy atom. The zero-order valence-corrected chi connectivity index (χ0v) is 11.4. The Kier molecular flexibility index (Phi) is 2.60. The highest BCUT2D eigenvalue weighted by atomic mass is 79.9. The summed E-state index contributed by atoms with van der Waals surface area (Å²) in [5.41, 5.74) is 7.24. The van der Waals surface area contributed by atoms with Crippen molar-refractivity contribution in [2.45, 2.75) is 25.8 Å². The first-order chi connectivity index (χ1) is 8.10. The lowest BCUT2D eigenvalue weighted by molar-refractivity contribution is 0.196. The number of halogens is 1. The summed E-state index contributed by atoms with van der Waals surface area (Å²) >= 11 is 3.53. The van der Waals surface area contributed by atoms with Gasteiger partial charge in [0, 0.05) is 11.5 Å². The molecule has 2 aliphatic rings. The molecule has 3 nitrogen and oxygen atoms in total. The van der Waals surface area contributed by atoms with E-state index in [1.807, 2.05) is 19.1 Å². The van der Waals surface area contributed by atoms with E-state index in [1.165, 1.54) is 12.8 Å². The molecule has 1 spiro atoms. The number of benzene rings is 1. The van der Waals surface area contributed by atoms with Crippen molar-refractivity contribution in [3.05, 3.63) is 22.2 Å². The van der Waals surface area contributed by atoms with E-state index in [2.05, 4.69) is 15.9 Å². The molecule has 17 heavy (non-hydrogen) atoms. The minimum Gasteiger partial charge on any atom is -0.489 e. The third kappa shape index (κ3) is 2.04. The van der Waals surface area contributed by atoms with Gasteiger partial charge < -0.3 is 15.2 Å². The Morgan fingerprint density at radius 3 is 2.65 bits per heavy atom. The Labute approximate surface area is 109 Å². The zero-order valence-electron chi connectivity index (χ0n) is 9.83. The van der Waals surface area contributed by atoms with Crippen LogP contribution in [0.15, 0.2) is 16.6 Å². The van der Waals surface area contributed by atoms with Crippen LogP contribution in [0.3, 0.4) is 0 Å². The highest BCUT2D eigenvalue weighted by Gasteiger charge is 2.46. The van der Waals surface area contributed by atoms with Gasteiger partial charge in [0.25, 0.3) is 0 Å². The van der Waals surface area contributed by atoms with Gasteiger partial charge in [-0.2, -0.15) is 0 Å². The Hall–Kier alpha value is -0.740. The zero-order chi connectivity index (χ0) is 12.0. The van der Waals surface area contributed by atoms with E-state index in [1.54, 1.807) is 0 Å². The molecule has 0 bridgehead atoms. The monoisotopic (exact) mass is 297 g/mol. The molecule has 1 heterocycles. The van der Waals surface area contributed by atoms with E-state index in [0.29, 0.717) is 0 Å². The Balaban J connectivity index is 1.97. The summed E-state index contributed by atoms with van der Waals surface area (Å²) in [6.45, 7) is 3.49. The average molecular weight is 298 g/mol. The molecule has 0 radical (unpaired) electrons. The molecule has 0 saturated heterocycles. The molecule has 1 saturated carbocycles. The largest absolute Gasteiger partial charge is 0.489 e. The molecule has 2 N–H and O–H groups in total. The van der Waals surface area contributed by atoms with Gasteiger partial charge in [0.2, 0.25) is 0 Å². The minimum atomic E-state index is -0.00154. The number of ether oxygens (including phenoxy) is 2. The van der Waals surface area contributed by atoms with Crippen LogP contribution < -0.4 is 15.2 Å². The van der Waals surface area contributed by atoms with Gasteiger partial charge in [0.1, 0.15) is 0 Å². The molecule has 1 atom stereocenters. The summed E-state index contributed by atoms with van der Waals surface area (Å²) in [5.74, 6) is 1.63. The van der Waals surface area contributed by atoms with Crippen LogP contribution >= 0.6 is 15.9 Å². The summed E-state index contributed by atoms with van der Waals surface area (Å²) in [6, 6.07) is 4.00. The fraction of sp³-hybridized carbons (Fsp3) is 0.538. The lowest BCUT2D eigenvalue weighted by Gasteiger charge is -2.13. The molecule has 92 valence electrons. The van der Waals surface area contributed by atoms with E-state index in [0.717, 1.165) is 34.7 Å². The van der Waals surface area contributed by atoms with Crippen molar-refractivity contribution in [3.63, 3.8) is 0 Å². The van der Waals surface area contributed by atoms with Crippen LogP contribution in [0, 0.1) is 5.41 Å². The van der Waals surface area contributed by atoms with Crippen molar-refractivity contribution in [3.8, 4) is 11.5 Å². The maximum absolute atomic E-state index is 5.90. The summed E-state index contributed by atoms with van der Waals surface area (Å²) in [4.78, 5) is 0. The summed E-state index contributed by atoms with van der Waals surface area (Å²) in [7, 11) is 0. The van der Waals surface area contributed by atoms with Crippen molar-refractivity contribution in [2.24, 2.45) is 11.1 Å². The molecule has 1 unspecified atom stereocenters. The molecule has 4 heteroatoms. The van der Waals surface area contributed by atoms with E-state index in [4.69, 9.17) is 15.2 Å². The van der Waals surface area contributed by atoms with E-state index < -0.39 is 0 Å². The molecule has 0 aromatic heterocycles. The van der Waals surface area contributed by atoms with Crippen LogP contribution in [-0.4, -0.2) is 13.2 Å². The van der Waals surface area contributed by atoms with Crippen LogP contribution in [-0.2, 0) is 0 Å². The standard InChI is InChI=1S/C13H16BrNO2/c1-8(15)9-4-10(14)12-11(5-9)16-6-13(2-3-13)7-17-12/h4-5,8H,2-3,6-7,15H2,1H3. The van der Waals surface area contributed by atoms with Crippen LogP contribution in [0.4, 0.5) is 0 Å². The third-order valence-electron chi connectivity index (χ3n) is 3.57. The predicted octanol–water partition coefficient (Wildman–Crippen LogP) is 3.02. The van der Waals surface area contributed by atoms with E-state index in [9.17, 15) is 0 Å². The second-order valence-electron chi connectivity index (χ2n) is 5.20. The lowest BCUT2D eigenvalue weighted by atomic mass is 10.1. The van der Waals surface area contributed by atoms with Crippen molar-refractivity contribution >= 4 is 15.9 Å². The first-order valence-electron chi connectivity index (χ1n) is 5.94. The summed E-state index contributed by atoms with van der Waals surface area (Å²) in [6.07, 6.45) is 2.41. The van der Waals surface area contributed by atoms with Gasteiger partial charge in [-0.15, -0.1) is 0 Å². The van der Waals surface area contributed by atoms with Gasteiger partial charge in [-0.05, 0) is 53.4 Å². The first-order valence-corrected chi connectivity index (χ1v) is 6.74. The molecule has 1 fully saturated rings. The number of nitrogens with two attached hydrogens (primary N) is 1. The SMILES string of the molecule is CC(N)c1cc(Br)c2c(c1)OCC1(CC1)CO2. The van der Waals surface area contributed by atoms with Crippen molar-refractivity contribution in [2.75, 3.05) is 13.2 Å². The normalized spacial score (nSPS) is 22.1. The molecular formula is C13H16BrNO2. The first kappa shape index (κ1) is 11.4. The van der Waals surface area contributed by atoms with Crippen LogP contribution in [0.25, 0.3) is 0 Å². The molecule has 0 amide bonds. The van der Waals surface area contributed by atoms with Gasteiger partial charge in [0.15, 0.2) is 11.5 Å². The van der Waals surface area contributed by atoms with Crippen molar-refractivity contribution in [1.29, 1.82) is 0 Å². The fourth-order valence-electron chi connectivity index (χ4n) is 2.06. The number of hydrogen-bond acceptors (Lipinski definition) is 3. The lowest BCUT2D eigenvalue weighted by Crippen LogP contribution is -2.17. The average Bonchev–Trinajstić information content (AvgIpc) is 3.07. The smallest absolute Gasteiger partial charge is 0.175 e. The second kappa shape index (κ2) is 3.89. The minimum absolute atomic E-state index is 0.00154. The molecule has 1 aliphatic heterocycles. The fourth-order valence-corrected chi connectivity index (χ4v) is 2.64. The van der Waals surface area contributed by atoms with Crippen molar-refractivity contribution in [1.82, 2.24) is 0 Å². The Morgan fingerprint density at radius 1 is 1.29 bits per heavy atom. The van der Waals surface area contributed by atoms with Crippen LogP contribution in [0.1, 0.15) is 31.4 Å². The Bertz CT molecular complexity index is 455.